The van der Waals surface area contributed by atoms with Crippen LogP contribution in [0.3, 0.4) is 0 Å². The Balaban J connectivity index is 1.81. The van der Waals surface area contributed by atoms with Gasteiger partial charge in [0.15, 0.2) is 0 Å². The van der Waals surface area contributed by atoms with Crippen LogP contribution in [0.15, 0.2) is 34.4 Å². The number of imidazole rings is 1. The summed E-state index contributed by atoms with van der Waals surface area (Å²) < 4.78 is 1.08. The third-order valence-corrected chi connectivity index (χ3v) is 5.01. The van der Waals surface area contributed by atoms with Crippen LogP contribution in [-0.2, 0) is 0 Å². The molecule has 2 heterocycles. The van der Waals surface area contributed by atoms with Crippen molar-refractivity contribution in [2.45, 2.75) is 13.0 Å². The van der Waals surface area contributed by atoms with E-state index in [1.54, 1.807) is 11.3 Å². The van der Waals surface area contributed by atoms with E-state index in [1.807, 2.05) is 36.6 Å². The van der Waals surface area contributed by atoms with Gasteiger partial charge in [-0.3, -0.25) is 4.79 Å². The van der Waals surface area contributed by atoms with Gasteiger partial charge in [0, 0.05) is 5.38 Å². The van der Waals surface area contributed by atoms with Gasteiger partial charge in [-0.2, -0.15) is 0 Å². The maximum Gasteiger partial charge on any atom is 0.323 e. The number of amides is 1. The van der Waals surface area contributed by atoms with E-state index in [-0.39, 0.29) is 17.6 Å². The summed E-state index contributed by atoms with van der Waals surface area (Å²) in [4.78, 5) is 28.8. The fourth-order valence-electron chi connectivity index (χ4n) is 2.11. The number of hydrogen-bond donors (Lipinski definition) is 3. The maximum atomic E-state index is 12.1. The average Bonchev–Trinajstić information content (AvgIpc) is 3.02. The zero-order valence-corrected chi connectivity index (χ0v) is 14.0. The van der Waals surface area contributed by atoms with Crippen LogP contribution in [0, 0.1) is 2.88 Å². The summed E-state index contributed by atoms with van der Waals surface area (Å²) in [6, 6.07) is 7.32. The van der Waals surface area contributed by atoms with Gasteiger partial charge in [0.25, 0.3) is 5.91 Å². The normalized spacial score (nSPS) is 12.5. The first-order valence-corrected chi connectivity index (χ1v) is 8.25. The highest BCUT2D eigenvalue weighted by molar-refractivity contribution is 14.1. The SMILES string of the molecule is CC(NC(=O)c1csc(I)c1)c1ccc2[nH]c(=O)[nH]c2c1. The first kappa shape index (κ1) is 14.3. The van der Waals surface area contributed by atoms with E-state index in [0.717, 1.165) is 19.5 Å². The number of aromatic amines is 2. The van der Waals surface area contributed by atoms with Gasteiger partial charge in [0.1, 0.15) is 0 Å². The fraction of sp³-hybridized carbons (Fsp3) is 0.143. The van der Waals surface area contributed by atoms with Gasteiger partial charge in [0.2, 0.25) is 0 Å². The van der Waals surface area contributed by atoms with Crippen LogP contribution >= 0.6 is 33.9 Å². The molecule has 0 saturated heterocycles. The first-order chi connectivity index (χ1) is 10.0. The Labute approximate surface area is 137 Å². The molecule has 0 saturated carbocycles. The summed E-state index contributed by atoms with van der Waals surface area (Å²) in [6.45, 7) is 1.92. The van der Waals surface area contributed by atoms with Crippen LogP contribution in [0.1, 0.15) is 28.9 Å². The lowest BCUT2D eigenvalue weighted by molar-refractivity contribution is 0.0940. The number of nitrogens with one attached hydrogen (secondary N) is 3. The molecule has 3 N–H and O–H groups in total. The Kier molecular flexibility index (Phi) is 3.85. The monoisotopic (exact) mass is 413 g/mol. The summed E-state index contributed by atoms with van der Waals surface area (Å²) >= 11 is 3.73. The molecule has 3 aromatic rings. The molecule has 0 bridgehead atoms. The van der Waals surface area contributed by atoms with Crippen LogP contribution in [-0.4, -0.2) is 15.9 Å². The van der Waals surface area contributed by atoms with Gasteiger partial charge in [-0.15, -0.1) is 11.3 Å². The van der Waals surface area contributed by atoms with Crippen LogP contribution < -0.4 is 11.0 Å². The Bertz CT molecular complexity index is 864. The minimum absolute atomic E-state index is 0.0932. The lowest BCUT2D eigenvalue weighted by Crippen LogP contribution is -2.26. The van der Waals surface area contributed by atoms with Gasteiger partial charge in [-0.25, -0.2) is 4.79 Å². The largest absolute Gasteiger partial charge is 0.345 e. The minimum Gasteiger partial charge on any atom is -0.345 e. The smallest absolute Gasteiger partial charge is 0.323 e. The van der Waals surface area contributed by atoms with Crippen molar-refractivity contribution in [1.29, 1.82) is 0 Å². The van der Waals surface area contributed by atoms with E-state index < -0.39 is 0 Å². The highest BCUT2D eigenvalue weighted by atomic mass is 127. The van der Waals surface area contributed by atoms with Gasteiger partial charge < -0.3 is 15.3 Å². The average molecular weight is 413 g/mol. The van der Waals surface area contributed by atoms with Crippen LogP contribution in [0.4, 0.5) is 0 Å². The van der Waals surface area contributed by atoms with Crippen molar-refractivity contribution < 1.29 is 4.79 Å². The maximum absolute atomic E-state index is 12.1. The number of fused-ring (bicyclic) bond motifs is 1. The Hall–Kier alpha value is -1.61. The number of carbonyl (C=O) groups is 1. The van der Waals surface area contributed by atoms with Crippen molar-refractivity contribution in [1.82, 2.24) is 15.3 Å². The van der Waals surface area contributed by atoms with Crippen molar-refractivity contribution in [2.24, 2.45) is 0 Å². The number of rotatable bonds is 3. The van der Waals surface area contributed by atoms with Gasteiger partial charge in [-0.05, 0) is 53.3 Å². The van der Waals surface area contributed by atoms with E-state index in [4.69, 9.17) is 0 Å². The summed E-state index contributed by atoms with van der Waals surface area (Å²) in [5.74, 6) is -0.0932. The predicted molar refractivity (Wildman–Crippen MR) is 91.8 cm³/mol. The molecule has 0 aliphatic rings. The lowest BCUT2D eigenvalue weighted by Gasteiger charge is -2.13. The predicted octanol–water partition coefficient (Wildman–Crippen LogP) is 3.01. The Morgan fingerprint density at radius 3 is 2.76 bits per heavy atom. The number of carbonyl (C=O) groups excluding carboxylic acids is 1. The number of halogens is 1. The minimum atomic E-state index is -0.230. The second-order valence-electron chi connectivity index (χ2n) is 4.72. The molecule has 0 aliphatic heterocycles. The highest BCUT2D eigenvalue weighted by Gasteiger charge is 2.13. The van der Waals surface area contributed by atoms with Gasteiger partial charge in [0.05, 0.1) is 25.5 Å². The van der Waals surface area contributed by atoms with E-state index >= 15 is 0 Å². The van der Waals surface area contributed by atoms with Gasteiger partial charge >= 0.3 is 5.69 Å². The summed E-state index contributed by atoms with van der Waals surface area (Å²) in [5, 5.41) is 4.80. The Morgan fingerprint density at radius 2 is 2.05 bits per heavy atom. The summed E-state index contributed by atoms with van der Waals surface area (Å²) in [6.07, 6.45) is 0. The molecule has 5 nitrogen and oxygen atoms in total. The third-order valence-electron chi connectivity index (χ3n) is 3.22. The van der Waals surface area contributed by atoms with E-state index in [1.165, 1.54) is 0 Å². The second-order valence-corrected chi connectivity index (χ2v) is 7.52. The molecular weight excluding hydrogens is 401 g/mol. The molecule has 0 fully saturated rings. The molecule has 3 rings (SSSR count). The molecule has 2 aromatic heterocycles. The third kappa shape index (κ3) is 3.03. The van der Waals surface area contributed by atoms with Crippen molar-refractivity contribution in [3.8, 4) is 0 Å². The molecule has 0 spiro atoms. The van der Waals surface area contributed by atoms with Crippen molar-refractivity contribution in [3.05, 3.63) is 54.1 Å². The highest BCUT2D eigenvalue weighted by Crippen LogP contribution is 2.20. The van der Waals surface area contributed by atoms with Crippen molar-refractivity contribution in [2.75, 3.05) is 0 Å². The number of H-pyrrole nitrogens is 2. The van der Waals surface area contributed by atoms with E-state index in [0.29, 0.717) is 5.56 Å². The van der Waals surface area contributed by atoms with E-state index in [9.17, 15) is 9.59 Å². The zero-order chi connectivity index (χ0) is 15.0. The molecule has 7 heteroatoms. The second kappa shape index (κ2) is 5.64. The van der Waals surface area contributed by atoms with E-state index in [2.05, 4.69) is 37.9 Å². The molecule has 1 atom stereocenters. The molecule has 0 radical (unpaired) electrons. The topological polar surface area (TPSA) is 77.8 Å². The molecule has 1 unspecified atom stereocenters. The first-order valence-electron chi connectivity index (χ1n) is 6.30. The number of thiophene rings is 1. The zero-order valence-electron chi connectivity index (χ0n) is 11.1. The summed E-state index contributed by atoms with van der Waals surface area (Å²) in [7, 11) is 0. The number of hydrogen-bond acceptors (Lipinski definition) is 3. The molecule has 0 aliphatic carbocycles. The standard InChI is InChI=1S/C14H12IN3O2S/c1-7(16-13(19)9-5-12(15)21-6-9)8-2-3-10-11(4-8)18-14(20)17-10/h2-7H,1H3,(H,16,19)(H2,17,18,20). The van der Waals surface area contributed by atoms with Crippen molar-refractivity contribution >= 4 is 50.9 Å². The summed E-state index contributed by atoms with van der Waals surface area (Å²) in [5.41, 5.74) is 2.88. The molecule has 21 heavy (non-hydrogen) atoms. The number of aromatic nitrogens is 2. The lowest BCUT2D eigenvalue weighted by atomic mass is 10.1. The molecule has 108 valence electrons. The number of benzene rings is 1. The van der Waals surface area contributed by atoms with Crippen LogP contribution in [0.25, 0.3) is 11.0 Å². The molecular formula is C14H12IN3O2S. The quantitative estimate of drug-likeness (QED) is 0.578. The molecule has 1 amide bonds. The molecule has 1 aromatic carbocycles. The van der Waals surface area contributed by atoms with Crippen molar-refractivity contribution in [3.63, 3.8) is 0 Å². The fourth-order valence-corrected chi connectivity index (χ4v) is 3.44. The van der Waals surface area contributed by atoms with Gasteiger partial charge in [-0.1, -0.05) is 6.07 Å². The van der Waals surface area contributed by atoms with Crippen LogP contribution in [0.2, 0.25) is 0 Å². The Morgan fingerprint density at radius 1 is 1.29 bits per heavy atom. The van der Waals surface area contributed by atoms with Crippen LogP contribution in [0.5, 0.6) is 0 Å².